The second-order valence-corrected chi connectivity index (χ2v) is 5.69. The summed E-state index contributed by atoms with van der Waals surface area (Å²) in [6, 6.07) is 12.9. The van der Waals surface area contributed by atoms with E-state index in [2.05, 4.69) is 16.8 Å². The minimum atomic E-state index is -0.0659. The van der Waals surface area contributed by atoms with Crippen molar-refractivity contribution in [1.82, 2.24) is 10.2 Å². The lowest BCUT2D eigenvalue weighted by atomic mass is 10.3. The van der Waals surface area contributed by atoms with Crippen LogP contribution in [-0.2, 0) is 4.79 Å². The number of carbonyl (C=O) groups is 1. The van der Waals surface area contributed by atoms with Crippen LogP contribution in [0.4, 0.5) is 5.69 Å². The van der Waals surface area contributed by atoms with E-state index in [0.29, 0.717) is 23.4 Å². The number of benzene rings is 1. The summed E-state index contributed by atoms with van der Waals surface area (Å²) in [5, 5.41) is 8.14. The first-order valence-electron chi connectivity index (χ1n) is 7.24. The number of nitrogens with zero attached hydrogens (tertiary/aromatic N) is 3. The van der Waals surface area contributed by atoms with Crippen molar-refractivity contribution in [1.29, 1.82) is 0 Å². The summed E-state index contributed by atoms with van der Waals surface area (Å²) < 4.78 is 10.7. The number of amides is 1. The molecule has 0 saturated carbocycles. The minimum Gasteiger partial charge on any atom is -0.459 e. The molecular formula is C17H15N3O3S. The predicted octanol–water partition coefficient (Wildman–Crippen LogP) is 3.64. The van der Waals surface area contributed by atoms with Crippen molar-refractivity contribution in [3.63, 3.8) is 0 Å². The molecule has 1 amide bonds. The van der Waals surface area contributed by atoms with E-state index in [9.17, 15) is 4.79 Å². The fourth-order valence-electron chi connectivity index (χ4n) is 2.06. The van der Waals surface area contributed by atoms with Crippen LogP contribution in [0.15, 0.2) is 75.4 Å². The molecule has 0 atom stereocenters. The van der Waals surface area contributed by atoms with Gasteiger partial charge in [0.15, 0.2) is 5.76 Å². The topological polar surface area (TPSA) is 72.4 Å². The molecule has 0 bridgehead atoms. The number of anilines is 1. The van der Waals surface area contributed by atoms with Gasteiger partial charge in [0.2, 0.25) is 5.91 Å². The van der Waals surface area contributed by atoms with Crippen molar-refractivity contribution in [3.8, 4) is 11.7 Å². The molecule has 1 aromatic carbocycles. The van der Waals surface area contributed by atoms with Crippen LogP contribution in [0.25, 0.3) is 11.7 Å². The molecule has 2 aromatic heterocycles. The van der Waals surface area contributed by atoms with Gasteiger partial charge in [-0.1, -0.05) is 36.0 Å². The molecule has 3 rings (SSSR count). The molecule has 6 nitrogen and oxygen atoms in total. The minimum absolute atomic E-state index is 0.0659. The maximum Gasteiger partial charge on any atom is 0.284 e. The van der Waals surface area contributed by atoms with Gasteiger partial charge in [0.25, 0.3) is 11.1 Å². The van der Waals surface area contributed by atoms with Crippen molar-refractivity contribution >= 4 is 23.4 Å². The third-order valence-corrected chi connectivity index (χ3v) is 3.94. The average Bonchev–Trinajstić information content (AvgIpc) is 3.29. The van der Waals surface area contributed by atoms with Crippen molar-refractivity contribution in [2.24, 2.45) is 0 Å². The monoisotopic (exact) mass is 341 g/mol. The first-order chi connectivity index (χ1) is 11.8. The highest BCUT2D eigenvalue weighted by atomic mass is 32.2. The quantitative estimate of drug-likeness (QED) is 0.482. The number of furan rings is 1. The second-order valence-electron chi connectivity index (χ2n) is 4.77. The SMILES string of the molecule is C=CCN(C(=O)CSc1nnc(-c2ccco2)o1)c1ccccc1. The molecule has 0 saturated heterocycles. The Hall–Kier alpha value is -2.80. The van der Waals surface area contributed by atoms with E-state index in [0.717, 1.165) is 5.69 Å². The number of rotatable bonds is 7. The Morgan fingerprint density at radius 3 is 2.75 bits per heavy atom. The van der Waals surface area contributed by atoms with Gasteiger partial charge in [-0.2, -0.15) is 0 Å². The Morgan fingerprint density at radius 1 is 1.21 bits per heavy atom. The molecule has 2 heterocycles. The summed E-state index contributed by atoms with van der Waals surface area (Å²) in [6.45, 7) is 4.14. The predicted molar refractivity (Wildman–Crippen MR) is 91.7 cm³/mol. The molecule has 0 N–H and O–H groups in total. The molecule has 0 spiro atoms. The van der Waals surface area contributed by atoms with Crippen LogP contribution in [0.3, 0.4) is 0 Å². The van der Waals surface area contributed by atoms with Crippen molar-refractivity contribution in [2.45, 2.75) is 5.22 Å². The van der Waals surface area contributed by atoms with Gasteiger partial charge in [0.05, 0.1) is 12.0 Å². The molecule has 0 aliphatic rings. The Labute approximate surface area is 143 Å². The summed E-state index contributed by atoms with van der Waals surface area (Å²) in [6.07, 6.45) is 3.22. The number of carbonyl (C=O) groups excluding carboxylic acids is 1. The summed E-state index contributed by atoms with van der Waals surface area (Å²) in [5.41, 5.74) is 0.824. The van der Waals surface area contributed by atoms with Crippen LogP contribution < -0.4 is 4.90 Å². The molecule has 0 radical (unpaired) electrons. The van der Waals surface area contributed by atoms with Crippen LogP contribution in [0.1, 0.15) is 0 Å². The molecule has 122 valence electrons. The van der Waals surface area contributed by atoms with Gasteiger partial charge >= 0.3 is 0 Å². The van der Waals surface area contributed by atoms with E-state index in [1.165, 1.54) is 18.0 Å². The average molecular weight is 341 g/mol. The highest BCUT2D eigenvalue weighted by Crippen LogP contribution is 2.24. The van der Waals surface area contributed by atoms with Crippen molar-refractivity contribution in [3.05, 3.63) is 61.4 Å². The van der Waals surface area contributed by atoms with E-state index < -0.39 is 0 Å². The lowest BCUT2D eigenvalue weighted by molar-refractivity contribution is -0.116. The third-order valence-electron chi connectivity index (χ3n) is 3.14. The highest BCUT2D eigenvalue weighted by Gasteiger charge is 2.17. The van der Waals surface area contributed by atoms with Crippen LogP contribution in [-0.4, -0.2) is 28.4 Å². The van der Waals surface area contributed by atoms with Crippen LogP contribution in [0, 0.1) is 0 Å². The Bertz CT molecular complexity index is 800. The van der Waals surface area contributed by atoms with Gasteiger partial charge in [-0.25, -0.2) is 0 Å². The summed E-state index contributed by atoms with van der Waals surface area (Å²) in [5.74, 6) is 0.908. The standard InChI is InChI=1S/C17H15N3O3S/c1-2-10-20(13-7-4-3-5-8-13)15(21)12-24-17-19-18-16(23-17)14-9-6-11-22-14/h2-9,11H,1,10,12H2. The Balaban J connectivity index is 1.64. The van der Waals surface area contributed by atoms with Crippen LogP contribution >= 0.6 is 11.8 Å². The first kappa shape index (κ1) is 16.1. The van der Waals surface area contributed by atoms with Gasteiger partial charge in [-0.15, -0.1) is 16.8 Å². The molecule has 0 unspecified atom stereocenters. The maximum atomic E-state index is 12.5. The lowest BCUT2D eigenvalue weighted by Crippen LogP contribution is -2.32. The van der Waals surface area contributed by atoms with E-state index in [1.807, 2.05) is 30.3 Å². The molecule has 24 heavy (non-hydrogen) atoms. The zero-order valence-corrected chi connectivity index (χ0v) is 13.6. The van der Waals surface area contributed by atoms with E-state index in [-0.39, 0.29) is 11.7 Å². The molecule has 0 aliphatic carbocycles. The number of para-hydroxylation sites is 1. The molecule has 3 aromatic rings. The van der Waals surface area contributed by atoms with E-state index >= 15 is 0 Å². The number of hydrogen-bond acceptors (Lipinski definition) is 6. The van der Waals surface area contributed by atoms with E-state index in [1.54, 1.807) is 23.1 Å². The van der Waals surface area contributed by atoms with E-state index in [4.69, 9.17) is 8.83 Å². The highest BCUT2D eigenvalue weighted by molar-refractivity contribution is 7.99. The molecular weight excluding hydrogens is 326 g/mol. The molecule has 0 aliphatic heterocycles. The number of thioether (sulfide) groups is 1. The Kier molecular flexibility index (Phi) is 5.12. The molecule has 7 heteroatoms. The zero-order chi connectivity index (χ0) is 16.8. The second kappa shape index (κ2) is 7.65. The van der Waals surface area contributed by atoms with Gasteiger partial charge in [0, 0.05) is 12.2 Å². The zero-order valence-electron chi connectivity index (χ0n) is 12.8. The summed E-state index contributed by atoms with van der Waals surface area (Å²) >= 11 is 1.19. The fourth-order valence-corrected chi connectivity index (χ4v) is 2.70. The lowest BCUT2D eigenvalue weighted by Gasteiger charge is -2.20. The smallest absolute Gasteiger partial charge is 0.284 e. The van der Waals surface area contributed by atoms with Crippen molar-refractivity contribution in [2.75, 3.05) is 17.2 Å². The van der Waals surface area contributed by atoms with Gasteiger partial charge in [-0.3, -0.25) is 4.79 Å². The number of hydrogen-bond donors (Lipinski definition) is 0. The van der Waals surface area contributed by atoms with Gasteiger partial charge in [-0.05, 0) is 24.3 Å². The normalized spacial score (nSPS) is 10.5. The largest absolute Gasteiger partial charge is 0.459 e. The summed E-state index contributed by atoms with van der Waals surface area (Å²) in [7, 11) is 0. The maximum absolute atomic E-state index is 12.5. The van der Waals surface area contributed by atoms with Crippen LogP contribution in [0.2, 0.25) is 0 Å². The molecule has 0 fully saturated rings. The number of aromatic nitrogens is 2. The summed E-state index contributed by atoms with van der Waals surface area (Å²) in [4.78, 5) is 14.1. The third kappa shape index (κ3) is 3.75. The van der Waals surface area contributed by atoms with Gasteiger partial charge in [0.1, 0.15) is 0 Å². The first-order valence-corrected chi connectivity index (χ1v) is 8.23. The fraction of sp³-hybridized carbons (Fsp3) is 0.118. The Morgan fingerprint density at radius 2 is 2.04 bits per heavy atom. The van der Waals surface area contributed by atoms with Crippen molar-refractivity contribution < 1.29 is 13.6 Å². The van der Waals surface area contributed by atoms with Gasteiger partial charge < -0.3 is 13.7 Å². The van der Waals surface area contributed by atoms with Crippen LogP contribution in [0.5, 0.6) is 0 Å².